The van der Waals surface area contributed by atoms with Crippen LogP contribution in [0.4, 0.5) is 0 Å². The van der Waals surface area contributed by atoms with Gasteiger partial charge in [-0.3, -0.25) is 9.59 Å². The van der Waals surface area contributed by atoms with E-state index in [4.69, 9.17) is 4.74 Å². The molecular weight excluding hydrogens is 344 g/mol. The highest BCUT2D eigenvalue weighted by Gasteiger charge is 2.33. The summed E-state index contributed by atoms with van der Waals surface area (Å²) in [6.45, 7) is 4.66. The number of piperidine rings is 2. The molecule has 0 bridgehead atoms. The smallest absolute Gasteiger partial charge is 0.260 e. The maximum Gasteiger partial charge on any atom is 0.260 e. The van der Waals surface area contributed by atoms with E-state index in [9.17, 15) is 14.7 Å². The van der Waals surface area contributed by atoms with Crippen LogP contribution >= 0.6 is 0 Å². The molecule has 0 radical (unpaired) electrons. The molecule has 0 aromatic heterocycles. The van der Waals surface area contributed by atoms with Gasteiger partial charge in [-0.15, -0.1) is 0 Å². The van der Waals surface area contributed by atoms with Gasteiger partial charge >= 0.3 is 0 Å². The highest BCUT2D eigenvalue weighted by molar-refractivity contribution is 5.94. The van der Waals surface area contributed by atoms with Gasteiger partial charge in [0.15, 0.2) is 6.61 Å². The zero-order valence-electron chi connectivity index (χ0n) is 16.2. The predicted molar refractivity (Wildman–Crippen MR) is 103 cm³/mol. The third-order valence-electron chi connectivity index (χ3n) is 5.67. The molecule has 1 atom stereocenters. The van der Waals surface area contributed by atoms with Gasteiger partial charge < -0.3 is 19.6 Å². The number of hydrogen-bond acceptors (Lipinski definition) is 4. The lowest BCUT2D eigenvalue weighted by Crippen LogP contribution is -2.49. The first-order valence-electron chi connectivity index (χ1n) is 10.0. The molecule has 2 saturated heterocycles. The van der Waals surface area contributed by atoms with Gasteiger partial charge in [-0.2, -0.15) is 0 Å². The van der Waals surface area contributed by atoms with Crippen LogP contribution in [0.5, 0.6) is 5.75 Å². The van der Waals surface area contributed by atoms with E-state index in [-0.39, 0.29) is 18.4 Å². The lowest BCUT2D eigenvalue weighted by Gasteiger charge is -2.38. The van der Waals surface area contributed by atoms with Gasteiger partial charge in [0.05, 0.1) is 5.60 Å². The van der Waals surface area contributed by atoms with Crippen LogP contribution in [0.1, 0.15) is 55.8 Å². The van der Waals surface area contributed by atoms with Crippen LogP contribution in [0.15, 0.2) is 24.3 Å². The van der Waals surface area contributed by atoms with Crippen LogP contribution in [0.25, 0.3) is 0 Å². The Bertz CT molecular complexity index is 655. The summed E-state index contributed by atoms with van der Waals surface area (Å²) in [4.78, 5) is 28.4. The summed E-state index contributed by atoms with van der Waals surface area (Å²) < 4.78 is 5.60. The number of rotatable bonds is 5. The standard InChI is InChI=1S/C21H30N2O4/c1-2-21(26)11-6-14-23(16-21)20(25)17-7-9-18(10-8-17)27-15-19(24)22-12-4-3-5-13-22/h7-10,26H,2-6,11-16H2,1H3. The van der Waals surface area contributed by atoms with Crippen molar-refractivity contribution >= 4 is 11.8 Å². The van der Waals surface area contributed by atoms with Crippen molar-refractivity contribution in [2.24, 2.45) is 0 Å². The fourth-order valence-electron chi connectivity index (χ4n) is 3.83. The van der Waals surface area contributed by atoms with E-state index < -0.39 is 5.60 Å². The van der Waals surface area contributed by atoms with E-state index in [0.29, 0.717) is 30.8 Å². The molecule has 2 aliphatic rings. The summed E-state index contributed by atoms with van der Waals surface area (Å²) in [6.07, 6.45) is 5.51. The molecule has 2 amide bonds. The molecule has 2 aliphatic heterocycles. The first-order valence-corrected chi connectivity index (χ1v) is 10.0. The number of nitrogens with zero attached hydrogens (tertiary/aromatic N) is 2. The van der Waals surface area contributed by atoms with Gasteiger partial charge in [0.25, 0.3) is 11.8 Å². The van der Waals surface area contributed by atoms with Crippen LogP contribution in [-0.2, 0) is 4.79 Å². The van der Waals surface area contributed by atoms with Crippen molar-refractivity contribution in [2.75, 3.05) is 32.8 Å². The third kappa shape index (κ3) is 5.01. The number of carbonyl (C=O) groups excluding carboxylic acids is 2. The molecule has 1 aromatic rings. The molecule has 0 saturated carbocycles. The van der Waals surface area contributed by atoms with E-state index in [2.05, 4.69) is 0 Å². The van der Waals surface area contributed by atoms with Crippen LogP contribution in [-0.4, -0.2) is 65.1 Å². The van der Waals surface area contributed by atoms with Crippen LogP contribution in [0.3, 0.4) is 0 Å². The largest absolute Gasteiger partial charge is 0.484 e. The lowest BCUT2D eigenvalue weighted by atomic mass is 9.90. The van der Waals surface area contributed by atoms with Crippen molar-refractivity contribution in [2.45, 2.75) is 51.0 Å². The zero-order valence-corrected chi connectivity index (χ0v) is 16.2. The molecule has 2 heterocycles. The second kappa shape index (κ2) is 8.74. The molecule has 0 aliphatic carbocycles. The first-order chi connectivity index (χ1) is 13.0. The molecule has 1 N–H and O–H groups in total. The molecule has 6 heteroatoms. The Morgan fingerprint density at radius 1 is 1.04 bits per heavy atom. The summed E-state index contributed by atoms with van der Waals surface area (Å²) in [7, 11) is 0. The molecule has 1 aromatic carbocycles. The quantitative estimate of drug-likeness (QED) is 0.859. The fraction of sp³-hybridized carbons (Fsp3) is 0.619. The number of ether oxygens (including phenoxy) is 1. The summed E-state index contributed by atoms with van der Waals surface area (Å²) >= 11 is 0. The molecule has 27 heavy (non-hydrogen) atoms. The Morgan fingerprint density at radius 2 is 1.70 bits per heavy atom. The minimum absolute atomic E-state index is 0.0158. The maximum atomic E-state index is 12.7. The Morgan fingerprint density at radius 3 is 2.37 bits per heavy atom. The number of amides is 2. The van der Waals surface area contributed by atoms with Gasteiger partial charge in [0.1, 0.15) is 5.75 Å². The number of β-amino-alcohol motifs (C(OH)–C–C–N with tert-alkyl or cyclic N) is 1. The molecule has 0 spiro atoms. The van der Waals surface area contributed by atoms with Gasteiger partial charge in [-0.25, -0.2) is 0 Å². The Kier molecular flexibility index (Phi) is 6.37. The number of aliphatic hydroxyl groups is 1. The van der Waals surface area contributed by atoms with Gasteiger partial charge in [0, 0.05) is 31.7 Å². The molecule has 148 valence electrons. The van der Waals surface area contributed by atoms with Crippen molar-refractivity contribution < 1.29 is 19.4 Å². The van der Waals surface area contributed by atoms with Crippen LogP contribution in [0.2, 0.25) is 0 Å². The van der Waals surface area contributed by atoms with Crippen molar-refractivity contribution in [3.05, 3.63) is 29.8 Å². The Hall–Kier alpha value is -2.08. The molecular formula is C21H30N2O4. The van der Waals surface area contributed by atoms with Gasteiger partial charge in [0.2, 0.25) is 0 Å². The van der Waals surface area contributed by atoms with Crippen molar-refractivity contribution in [1.82, 2.24) is 9.80 Å². The second-order valence-electron chi connectivity index (χ2n) is 7.66. The SMILES string of the molecule is CCC1(O)CCCN(C(=O)c2ccc(OCC(=O)N3CCCCC3)cc2)C1. The van der Waals surface area contributed by atoms with Crippen LogP contribution in [0, 0.1) is 0 Å². The summed E-state index contributed by atoms with van der Waals surface area (Å²) in [5.74, 6) is 0.528. The number of hydrogen-bond donors (Lipinski definition) is 1. The Labute approximate surface area is 161 Å². The second-order valence-corrected chi connectivity index (χ2v) is 7.66. The number of carbonyl (C=O) groups is 2. The summed E-state index contributed by atoms with van der Waals surface area (Å²) in [5.41, 5.74) is -0.198. The van der Waals surface area contributed by atoms with E-state index in [1.807, 2.05) is 11.8 Å². The minimum atomic E-state index is -0.772. The zero-order chi connectivity index (χ0) is 19.3. The van der Waals surface area contributed by atoms with Crippen LogP contribution < -0.4 is 4.74 Å². The molecule has 3 rings (SSSR count). The molecule has 1 unspecified atom stereocenters. The van der Waals surface area contributed by atoms with Crippen molar-refractivity contribution in [1.29, 1.82) is 0 Å². The third-order valence-corrected chi connectivity index (χ3v) is 5.67. The average Bonchev–Trinajstić information content (AvgIpc) is 2.72. The lowest BCUT2D eigenvalue weighted by molar-refractivity contribution is -0.134. The topological polar surface area (TPSA) is 70.1 Å². The molecule has 2 fully saturated rings. The Balaban J connectivity index is 1.53. The molecule has 6 nitrogen and oxygen atoms in total. The number of likely N-dealkylation sites (tertiary alicyclic amines) is 2. The fourth-order valence-corrected chi connectivity index (χ4v) is 3.83. The monoisotopic (exact) mass is 374 g/mol. The minimum Gasteiger partial charge on any atom is -0.484 e. The summed E-state index contributed by atoms with van der Waals surface area (Å²) in [6, 6.07) is 6.91. The highest BCUT2D eigenvalue weighted by Crippen LogP contribution is 2.25. The van der Waals surface area contributed by atoms with Gasteiger partial charge in [-0.05, 0) is 62.8 Å². The first kappa shape index (κ1) is 19.7. The van der Waals surface area contributed by atoms with Gasteiger partial charge in [-0.1, -0.05) is 6.92 Å². The number of benzene rings is 1. The normalized spacial score (nSPS) is 23.2. The van der Waals surface area contributed by atoms with E-state index in [1.54, 1.807) is 29.2 Å². The highest BCUT2D eigenvalue weighted by atomic mass is 16.5. The average molecular weight is 374 g/mol. The van der Waals surface area contributed by atoms with Crippen molar-refractivity contribution in [3.8, 4) is 5.75 Å². The van der Waals surface area contributed by atoms with E-state index in [0.717, 1.165) is 38.8 Å². The van der Waals surface area contributed by atoms with E-state index in [1.165, 1.54) is 6.42 Å². The predicted octanol–water partition coefficient (Wildman–Crippen LogP) is 2.46. The van der Waals surface area contributed by atoms with Crippen molar-refractivity contribution in [3.63, 3.8) is 0 Å². The van der Waals surface area contributed by atoms with E-state index >= 15 is 0 Å². The maximum absolute atomic E-state index is 12.7. The summed E-state index contributed by atoms with van der Waals surface area (Å²) in [5, 5.41) is 10.5.